The molecule has 116 valence electrons. The maximum absolute atomic E-state index is 11.6. The van der Waals surface area contributed by atoms with Gasteiger partial charge in [-0.3, -0.25) is 4.79 Å². The number of carboxylic acid groups (broad SMARTS) is 1. The van der Waals surface area contributed by atoms with Gasteiger partial charge in [0, 0.05) is 0 Å². The van der Waals surface area contributed by atoms with Gasteiger partial charge in [0.1, 0.15) is 5.75 Å². The lowest BCUT2D eigenvalue weighted by Gasteiger charge is -2.23. The van der Waals surface area contributed by atoms with Gasteiger partial charge >= 0.3 is 0 Å². The Bertz CT molecular complexity index is 532. The SMILES string of the molecule is Cc1ccc(C(C)(C)C)c(OCC(=O)N[C@@H](C)C(=O)[O-])c1. The Morgan fingerprint density at radius 1 is 1.33 bits per heavy atom. The molecule has 0 saturated heterocycles. The molecule has 0 heterocycles. The highest BCUT2D eigenvalue weighted by atomic mass is 16.5. The van der Waals surface area contributed by atoms with Crippen molar-refractivity contribution in [3.05, 3.63) is 29.3 Å². The van der Waals surface area contributed by atoms with Gasteiger partial charge < -0.3 is 20.0 Å². The summed E-state index contributed by atoms with van der Waals surface area (Å²) in [6, 6.07) is 4.80. The molecular formula is C16H22NO4-. The van der Waals surface area contributed by atoms with Crippen LogP contribution in [0.3, 0.4) is 0 Å². The van der Waals surface area contributed by atoms with Crippen LogP contribution in [0.5, 0.6) is 5.75 Å². The van der Waals surface area contributed by atoms with Gasteiger partial charge in [0.2, 0.25) is 0 Å². The van der Waals surface area contributed by atoms with Gasteiger partial charge in [-0.15, -0.1) is 0 Å². The van der Waals surface area contributed by atoms with E-state index in [9.17, 15) is 14.7 Å². The Morgan fingerprint density at radius 3 is 2.48 bits per heavy atom. The molecule has 0 aliphatic heterocycles. The van der Waals surface area contributed by atoms with Crippen LogP contribution in [0.1, 0.15) is 38.8 Å². The highest BCUT2D eigenvalue weighted by Gasteiger charge is 2.19. The monoisotopic (exact) mass is 292 g/mol. The molecule has 0 aromatic heterocycles. The minimum absolute atomic E-state index is 0.113. The number of carbonyl (C=O) groups excluding carboxylic acids is 2. The molecule has 21 heavy (non-hydrogen) atoms. The molecule has 1 aromatic carbocycles. The number of hydrogen-bond acceptors (Lipinski definition) is 4. The summed E-state index contributed by atoms with van der Waals surface area (Å²) in [5.74, 6) is -1.18. The average molecular weight is 292 g/mol. The number of amides is 1. The van der Waals surface area contributed by atoms with E-state index in [0.717, 1.165) is 11.1 Å². The van der Waals surface area contributed by atoms with E-state index in [1.807, 2.05) is 25.1 Å². The Labute approximate surface area is 125 Å². The van der Waals surface area contributed by atoms with Gasteiger partial charge in [0.25, 0.3) is 5.91 Å². The van der Waals surface area contributed by atoms with Gasteiger partial charge in [-0.2, -0.15) is 0 Å². The van der Waals surface area contributed by atoms with E-state index in [1.54, 1.807) is 0 Å². The molecule has 1 amide bonds. The summed E-state index contributed by atoms with van der Waals surface area (Å²) in [6.45, 7) is 9.23. The minimum atomic E-state index is -1.32. The number of carboxylic acids is 1. The Morgan fingerprint density at radius 2 is 1.95 bits per heavy atom. The van der Waals surface area contributed by atoms with Crippen LogP contribution < -0.4 is 15.2 Å². The molecule has 1 N–H and O–H groups in total. The van der Waals surface area contributed by atoms with Crippen molar-refractivity contribution in [1.29, 1.82) is 0 Å². The number of carbonyl (C=O) groups is 2. The molecule has 0 fully saturated rings. The minimum Gasteiger partial charge on any atom is -0.548 e. The second-order valence-corrected chi connectivity index (χ2v) is 6.15. The van der Waals surface area contributed by atoms with Gasteiger partial charge in [0.05, 0.1) is 12.0 Å². The lowest BCUT2D eigenvalue weighted by molar-refractivity contribution is -0.307. The Hall–Kier alpha value is -2.04. The summed E-state index contributed by atoms with van der Waals surface area (Å²) in [7, 11) is 0. The summed E-state index contributed by atoms with van der Waals surface area (Å²) < 4.78 is 5.56. The van der Waals surface area contributed by atoms with E-state index in [-0.39, 0.29) is 12.0 Å². The van der Waals surface area contributed by atoms with Crippen molar-refractivity contribution in [1.82, 2.24) is 5.32 Å². The molecule has 5 heteroatoms. The normalized spacial score (nSPS) is 12.6. The van der Waals surface area contributed by atoms with Crippen molar-refractivity contribution in [2.75, 3.05) is 6.61 Å². The summed E-state index contributed by atoms with van der Waals surface area (Å²) >= 11 is 0. The standard InChI is InChI=1S/C16H23NO4/c1-10-6-7-12(16(3,4)5)13(8-10)21-9-14(18)17-11(2)15(19)20/h6-8,11H,9H2,1-5H3,(H,17,18)(H,19,20)/p-1/t11-/m0/s1. The highest BCUT2D eigenvalue weighted by Crippen LogP contribution is 2.31. The van der Waals surface area contributed by atoms with Crippen LogP contribution in [0, 0.1) is 6.92 Å². The van der Waals surface area contributed by atoms with Crippen LogP contribution >= 0.6 is 0 Å². The zero-order valence-electron chi connectivity index (χ0n) is 13.1. The predicted octanol–water partition coefficient (Wildman–Crippen LogP) is 0.926. The number of ether oxygens (including phenoxy) is 1. The topological polar surface area (TPSA) is 78.5 Å². The van der Waals surface area contributed by atoms with Gasteiger partial charge in [0.15, 0.2) is 6.61 Å². The van der Waals surface area contributed by atoms with Crippen molar-refractivity contribution >= 4 is 11.9 Å². The van der Waals surface area contributed by atoms with Gasteiger partial charge in [-0.05, 0) is 36.5 Å². The van der Waals surface area contributed by atoms with Crippen LogP contribution in [0.4, 0.5) is 0 Å². The zero-order chi connectivity index (χ0) is 16.2. The van der Waals surface area contributed by atoms with Gasteiger partial charge in [-0.1, -0.05) is 32.9 Å². The summed E-state index contributed by atoms with van der Waals surface area (Å²) in [6.07, 6.45) is 0. The van der Waals surface area contributed by atoms with E-state index in [1.165, 1.54) is 6.92 Å². The van der Waals surface area contributed by atoms with Crippen LogP contribution in [0.2, 0.25) is 0 Å². The summed E-state index contributed by atoms with van der Waals surface area (Å²) in [5, 5.41) is 12.9. The van der Waals surface area contributed by atoms with Crippen molar-refractivity contribution in [3.8, 4) is 5.75 Å². The second kappa shape index (κ2) is 6.61. The smallest absolute Gasteiger partial charge is 0.258 e. The number of benzene rings is 1. The zero-order valence-corrected chi connectivity index (χ0v) is 13.1. The van der Waals surface area contributed by atoms with E-state index in [2.05, 4.69) is 26.1 Å². The van der Waals surface area contributed by atoms with E-state index in [4.69, 9.17) is 4.74 Å². The van der Waals surface area contributed by atoms with Crippen LogP contribution in [0.25, 0.3) is 0 Å². The summed E-state index contributed by atoms with van der Waals surface area (Å²) in [5.41, 5.74) is 1.91. The first-order chi connectivity index (χ1) is 9.61. The molecule has 0 radical (unpaired) electrons. The molecule has 0 saturated carbocycles. The highest BCUT2D eigenvalue weighted by molar-refractivity contribution is 5.83. The van der Waals surface area contributed by atoms with Crippen molar-refractivity contribution < 1.29 is 19.4 Å². The molecule has 0 spiro atoms. The number of hydrogen-bond donors (Lipinski definition) is 1. The van der Waals surface area contributed by atoms with E-state index >= 15 is 0 Å². The first kappa shape index (κ1) is 17.0. The molecular weight excluding hydrogens is 270 g/mol. The number of aryl methyl sites for hydroxylation is 1. The van der Waals surface area contributed by atoms with E-state index < -0.39 is 17.9 Å². The molecule has 1 rings (SSSR count). The van der Waals surface area contributed by atoms with E-state index in [0.29, 0.717) is 5.75 Å². The third-order valence-electron chi connectivity index (χ3n) is 3.03. The number of nitrogens with one attached hydrogen (secondary N) is 1. The fourth-order valence-corrected chi connectivity index (χ4v) is 1.85. The fourth-order valence-electron chi connectivity index (χ4n) is 1.85. The maximum Gasteiger partial charge on any atom is 0.258 e. The second-order valence-electron chi connectivity index (χ2n) is 6.15. The average Bonchev–Trinajstić information content (AvgIpc) is 2.34. The largest absolute Gasteiger partial charge is 0.548 e. The first-order valence-corrected chi connectivity index (χ1v) is 6.85. The van der Waals surface area contributed by atoms with Gasteiger partial charge in [-0.25, -0.2) is 0 Å². The molecule has 0 unspecified atom stereocenters. The Kier molecular flexibility index (Phi) is 5.35. The molecule has 0 aliphatic carbocycles. The Balaban J connectivity index is 2.77. The van der Waals surface area contributed by atoms with Crippen molar-refractivity contribution in [2.45, 2.75) is 46.1 Å². The lowest BCUT2D eigenvalue weighted by Crippen LogP contribution is -2.47. The number of aliphatic carboxylic acids is 1. The third-order valence-corrected chi connectivity index (χ3v) is 3.03. The molecule has 0 bridgehead atoms. The third kappa shape index (κ3) is 5.10. The molecule has 1 atom stereocenters. The van der Waals surface area contributed by atoms with Crippen molar-refractivity contribution in [2.24, 2.45) is 0 Å². The van der Waals surface area contributed by atoms with Crippen molar-refractivity contribution in [3.63, 3.8) is 0 Å². The number of rotatable bonds is 5. The van der Waals surface area contributed by atoms with Crippen LogP contribution in [0.15, 0.2) is 18.2 Å². The quantitative estimate of drug-likeness (QED) is 0.875. The summed E-state index contributed by atoms with van der Waals surface area (Å²) in [4.78, 5) is 22.2. The molecule has 1 aromatic rings. The molecule has 5 nitrogen and oxygen atoms in total. The first-order valence-electron chi connectivity index (χ1n) is 6.85. The lowest BCUT2D eigenvalue weighted by atomic mass is 9.86. The predicted molar refractivity (Wildman–Crippen MR) is 78.0 cm³/mol. The van der Waals surface area contributed by atoms with Crippen LogP contribution in [-0.2, 0) is 15.0 Å². The fraction of sp³-hybridized carbons (Fsp3) is 0.500. The van der Waals surface area contributed by atoms with Crippen LogP contribution in [-0.4, -0.2) is 24.5 Å². The maximum atomic E-state index is 11.6. The molecule has 0 aliphatic rings.